The summed E-state index contributed by atoms with van der Waals surface area (Å²) in [6.45, 7) is 4.02. The fraction of sp³-hybridized carbons (Fsp3) is 0.192. The van der Waals surface area contributed by atoms with Gasteiger partial charge in [0.25, 0.3) is 5.91 Å². The Kier molecular flexibility index (Phi) is 8.61. The number of imide groups is 1. The maximum absolute atomic E-state index is 12.2. The molecular weight excluding hydrogens is 438 g/mol. The molecular formula is C26H26ClN3O3. The van der Waals surface area contributed by atoms with Gasteiger partial charge >= 0.3 is 6.03 Å². The van der Waals surface area contributed by atoms with Crippen molar-refractivity contribution in [2.75, 3.05) is 5.32 Å². The first-order chi connectivity index (χ1) is 16.0. The third kappa shape index (κ3) is 6.92. The topological polar surface area (TPSA) is 79.8 Å². The Morgan fingerprint density at radius 1 is 0.970 bits per heavy atom. The lowest BCUT2D eigenvalue weighted by Gasteiger charge is -2.13. The molecule has 0 saturated heterocycles. The molecule has 0 bridgehead atoms. The highest BCUT2D eigenvalue weighted by atomic mass is 35.5. The predicted octanol–water partition coefficient (Wildman–Crippen LogP) is 6.58. The van der Waals surface area contributed by atoms with Crippen LogP contribution in [0.25, 0.3) is 0 Å². The summed E-state index contributed by atoms with van der Waals surface area (Å²) in [5.41, 5.74) is 3.62. The average molecular weight is 464 g/mol. The van der Waals surface area contributed by atoms with Crippen LogP contribution >= 0.6 is 11.6 Å². The number of benzene rings is 3. The molecule has 0 fully saturated rings. The van der Waals surface area contributed by atoms with Gasteiger partial charge in [0.2, 0.25) is 0 Å². The van der Waals surface area contributed by atoms with Gasteiger partial charge in [-0.05, 0) is 48.7 Å². The molecule has 33 heavy (non-hydrogen) atoms. The number of amides is 3. The Hall–Kier alpha value is -3.64. The SMILES string of the molecule is CCC/C(=N\OC(C)c1ccc(NC(=O)NC(=O)c2ccccc2Cl)cc1)c1ccccc1. The van der Waals surface area contributed by atoms with Crippen molar-refractivity contribution < 1.29 is 14.4 Å². The highest BCUT2D eigenvalue weighted by Gasteiger charge is 2.14. The zero-order chi connectivity index (χ0) is 23.6. The van der Waals surface area contributed by atoms with Crippen molar-refractivity contribution in [3.63, 3.8) is 0 Å². The molecule has 7 heteroatoms. The summed E-state index contributed by atoms with van der Waals surface area (Å²) in [5, 5.41) is 9.57. The molecule has 1 atom stereocenters. The van der Waals surface area contributed by atoms with E-state index in [1.807, 2.05) is 49.4 Å². The van der Waals surface area contributed by atoms with E-state index in [4.69, 9.17) is 16.4 Å². The largest absolute Gasteiger partial charge is 0.388 e. The van der Waals surface area contributed by atoms with E-state index in [1.165, 1.54) is 0 Å². The third-order valence-electron chi connectivity index (χ3n) is 4.90. The number of halogens is 1. The molecule has 0 aliphatic carbocycles. The summed E-state index contributed by atoms with van der Waals surface area (Å²) in [7, 11) is 0. The zero-order valence-electron chi connectivity index (χ0n) is 18.5. The molecule has 3 rings (SSSR count). The van der Waals surface area contributed by atoms with Gasteiger partial charge in [-0.2, -0.15) is 0 Å². The lowest BCUT2D eigenvalue weighted by atomic mass is 10.1. The zero-order valence-corrected chi connectivity index (χ0v) is 19.3. The quantitative estimate of drug-likeness (QED) is 0.292. The van der Waals surface area contributed by atoms with E-state index in [2.05, 4.69) is 22.7 Å². The van der Waals surface area contributed by atoms with Crippen molar-refractivity contribution in [1.29, 1.82) is 0 Å². The van der Waals surface area contributed by atoms with Crippen molar-refractivity contribution in [3.8, 4) is 0 Å². The summed E-state index contributed by atoms with van der Waals surface area (Å²) in [6.07, 6.45) is 1.51. The number of anilines is 1. The second-order valence-electron chi connectivity index (χ2n) is 7.41. The van der Waals surface area contributed by atoms with Crippen LogP contribution in [-0.2, 0) is 4.84 Å². The lowest BCUT2D eigenvalue weighted by Crippen LogP contribution is -2.34. The van der Waals surface area contributed by atoms with Crippen LogP contribution < -0.4 is 10.6 Å². The Bertz CT molecular complexity index is 1120. The maximum atomic E-state index is 12.2. The molecule has 3 aromatic rings. The number of carbonyl (C=O) groups excluding carboxylic acids is 2. The van der Waals surface area contributed by atoms with Crippen LogP contribution in [0.1, 0.15) is 54.3 Å². The second-order valence-corrected chi connectivity index (χ2v) is 7.82. The van der Waals surface area contributed by atoms with Gasteiger partial charge in [0.1, 0.15) is 6.10 Å². The minimum Gasteiger partial charge on any atom is -0.388 e. The molecule has 170 valence electrons. The highest BCUT2D eigenvalue weighted by Crippen LogP contribution is 2.21. The maximum Gasteiger partial charge on any atom is 0.326 e. The fourth-order valence-corrected chi connectivity index (χ4v) is 3.35. The molecule has 2 N–H and O–H groups in total. The number of rotatable bonds is 8. The van der Waals surface area contributed by atoms with Crippen molar-refractivity contribution >= 4 is 34.9 Å². The normalized spacial score (nSPS) is 12.0. The monoisotopic (exact) mass is 463 g/mol. The molecule has 0 aliphatic rings. The van der Waals surface area contributed by atoms with Crippen molar-refractivity contribution in [3.05, 3.63) is 101 Å². The molecule has 0 spiro atoms. The predicted molar refractivity (Wildman–Crippen MR) is 132 cm³/mol. The third-order valence-corrected chi connectivity index (χ3v) is 5.23. The number of carbonyl (C=O) groups is 2. The van der Waals surface area contributed by atoms with Crippen molar-refractivity contribution in [1.82, 2.24) is 5.32 Å². The summed E-state index contributed by atoms with van der Waals surface area (Å²) >= 11 is 5.99. The van der Waals surface area contributed by atoms with Crippen LogP contribution in [0.5, 0.6) is 0 Å². The van der Waals surface area contributed by atoms with Gasteiger partial charge in [-0.1, -0.05) is 84.7 Å². The second kappa shape index (κ2) is 11.8. The standard InChI is InChI=1S/C26H26ClN3O3/c1-3-9-24(20-10-5-4-6-11-20)30-33-18(2)19-14-16-21(17-15-19)28-26(32)29-25(31)22-12-7-8-13-23(22)27/h4-8,10-18H,3,9H2,1-2H3,(H2,28,29,31,32)/b30-24+. The van der Waals surface area contributed by atoms with Gasteiger partial charge in [0.15, 0.2) is 0 Å². The minimum atomic E-state index is -0.645. The van der Waals surface area contributed by atoms with E-state index in [0.717, 1.165) is 29.7 Å². The van der Waals surface area contributed by atoms with Gasteiger partial charge in [0, 0.05) is 5.69 Å². The number of oxime groups is 1. The van der Waals surface area contributed by atoms with Crippen LogP contribution in [0.2, 0.25) is 5.02 Å². The summed E-state index contributed by atoms with van der Waals surface area (Å²) in [4.78, 5) is 30.1. The molecule has 0 aliphatic heterocycles. The number of nitrogens with zero attached hydrogens (tertiary/aromatic N) is 1. The number of hydrogen-bond acceptors (Lipinski definition) is 4. The molecule has 3 aromatic carbocycles. The van der Waals surface area contributed by atoms with E-state index in [1.54, 1.807) is 36.4 Å². The Labute approximate surface area is 198 Å². The Morgan fingerprint density at radius 2 is 1.64 bits per heavy atom. The van der Waals surface area contributed by atoms with E-state index in [0.29, 0.717) is 5.69 Å². The van der Waals surface area contributed by atoms with Gasteiger partial charge in [0.05, 0.1) is 16.3 Å². The van der Waals surface area contributed by atoms with Crippen molar-refractivity contribution in [2.24, 2.45) is 5.16 Å². The van der Waals surface area contributed by atoms with Gasteiger partial charge < -0.3 is 10.2 Å². The first-order valence-corrected chi connectivity index (χ1v) is 11.1. The van der Waals surface area contributed by atoms with Crippen LogP contribution in [0.3, 0.4) is 0 Å². The fourth-order valence-electron chi connectivity index (χ4n) is 3.13. The van der Waals surface area contributed by atoms with E-state index >= 15 is 0 Å². The molecule has 0 radical (unpaired) electrons. The molecule has 0 saturated carbocycles. The number of urea groups is 1. The smallest absolute Gasteiger partial charge is 0.326 e. The Balaban J connectivity index is 1.58. The number of hydrogen-bond donors (Lipinski definition) is 2. The van der Waals surface area contributed by atoms with Gasteiger partial charge in [-0.3, -0.25) is 10.1 Å². The van der Waals surface area contributed by atoms with Gasteiger partial charge in [-0.15, -0.1) is 0 Å². The first-order valence-electron chi connectivity index (χ1n) is 10.7. The molecule has 0 heterocycles. The summed E-state index contributed by atoms with van der Waals surface area (Å²) < 4.78 is 0. The van der Waals surface area contributed by atoms with E-state index in [-0.39, 0.29) is 16.7 Å². The highest BCUT2D eigenvalue weighted by molar-refractivity contribution is 6.34. The average Bonchev–Trinajstić information content (AvgIpc) is 2.82. The van der Waals surface area contributed by atoms with E-state index in [9.17, 15) is 9.59 Å². The van der Waals surface area contributed by atoms with Gasteiger partial charge in [-0.25, -0.2) is 4.79 Å². The Morgan fingerprint density at radius 3 is 2.30 bits per heavy atom. The molecule has 0 aromatic heterocycles. The van der Waals surface area contributed by atoms with Crippen LogP contribution in [0, 0.1) is 0 Å². The van der Waals surface area contributed by atoms with E-state index < -0.39 is 11.9 Å². The van der Waals surface area contributed by atoms with Crippen molar-refractivity contribution in [2.45, 2.75) is 32.8 Å². The number of nitrogens with one attached hydrogen (secondary N) is 2. The first kappa shape index (κ1) is 24.0. The molecule has 6 nitrogen and oxygen atoms in total. The van der Waals surface area contributed by atoms with Crippen LogP contribution in [0.15, 0.2) is 84.0 Å². The minimum absolute atomic E-state index is 0.231. The molecule has 3 amide bonds. The van der Waals surface area contributed by atoms with Crippen LogP contribution in [-0.4, -0.2) is 17.6 Å². The lowest BCUT2D eigenvalue weighted by molar-refractivity contribution is 0.0720. The summed E-state index contributed by atoms with van der Waals surface area (Å²) in [6, 6.07) is 23.0. The summed E-state index contributed by atoms with van der Waals surface area (Å²) in [5.74, 6) is -0.573. The van der Waals surface area contributed by atoms with Crippen LogP contribution in [0.4, 0.5) is 10.5 Å². The molecule has 1 unspecified atom stereocenters.